The summed E-state index contributed by atoms with van der Waals surface area (Å²) in [7, 11) is 0. The van der Waals surface area contributed by atoms with Crippen molar-refractivity contribution >= 4 is 17.3 Å². The zero-order valence-corrected chi connectivity index (χ0v) is 9.42. The van der Waals surface area contributed by atoms with Gasteiger partial charge in [0.1, 0.15) is 0 Å². The molecule has 0 aliphatic carbocycles. The topological polar surface area (TPSA) is 92.5 Å². The summed E-state index contributed by atoms with van der Waals surface area (Å²) in [6, 6.07) is 5.59. The predicted octanol–water partition coefficient (Wildman–Crippen LogP) is 1.69. The number of anilines is 1. The van der Waals surface area contributed by atoms with E-state index in [9.17, 15) is 14.9 Å². The van der Waals surface area contributed by atoms with E-state index >= 15 is 0 Å². The molecule has 6 nitrogen and oxygen atoms in total. The summed E-state index contributed by atoms with van der Waals surface area (Å²) in [6.45, 7) is 1.61. The molecule has 0 radical (unpaired) electrons. The van der Waals surface area contributed by atoms with E-state index in [0.717, 1.165) is 0 Å². The maximum absolute atomic E-state index is 11.4. The number of nitrogens with zero attached hydrogens (tertiary/aromatic N) is 1. The van der Waals surface area contributed by atoms with Crippen molar-refractivity contribution < 1.29 is 14.8 Å². The fraction of sp³-hybridized carbons (Fsp3) is 0.364. The van der Waals surface area contributed by atoms with Crippen molar-refractivity contribution in [2.75, 3.05) is 5.32 Å². The van der Waals surface area contributed by atoms with Gasteiger partial charge in [0.15, 0.2) is 0 Å². The number of aliphatic hydroxyl groups is 1. The average Bonchev–Trinajstić information content (AvgIpc) is 2.27. The van der Waals surface area contributed by atoms with Gasteiger partial charge in [-0.1, -0.05) is 0 Å². The maximum Gasteiger partial charge on any atom is 0.269 e. The van der Waals surface area contributed by atoms with Crippen molar-refractivity contribution in [1.29, 1.82) is 0 Å². The summed E-state index contributed by atoms with van der Waals surface area (Å²) < 4.78 is 0. The Labute approximate surface area is 98.4 Å². The molecule has 1 unspecified atom stereocenters. The first-order chi connectivity index (χ1) is 7.99. The molecule has 0 spiro atoms. The minimum Gasteiger partial charge on any atom is -0.393 e. The van der Waals surface area contributed by atoms with Gasteiger partial charge in [0.2, 0.25) is 5.91 Å². The van der Waals surface area contributed by atoms with Crippen LogP contribution in [0.1, 0.15) is 19.8 Å². The summed E-state index contributed by atoms with van der Waals surface area (Å²) >= 11 is 0. The van der Waals surface area contributed by atoms with Crippen LogP contribution in [0.4, 0.5) is 11.4 Å². The molecule has 0 saturated carbocycles. The Bertz CT molecular complexity index is 400. The number of carbonyl (C=O) groups is 1. The molecule has 1 aromatic rings. The molecular weight excluding hydrogens is 224 g/mol. The number of amides is 1. The normalized spacial score (nSPS) is 11.9. The highest BCUT2D eigenvalue weighted by molar-refractivity contribution is 5.90. The lowest BCUT2D eigenvalue weighted by molar-refractivity contribution is -0.384. The second kappa shape index (κ2) is 5.95. The van der Waals surface area contributed by atoms with E-state index in [4.69, 9.17) is 5.11 Å². The molecule has 92 valence electrons. The Morgan fingerprint density at radius 1 is 1.47 bits per heavy atom. The highest BCUT2D eigenvalue weighted by atomic mass is 16.6. The monoisotopic (exact) mass is 238 g/mol. The van der Waals surface area contributed by atoms with Gasteiger partial charge in [-0.25, -0.2) is 0 Å². The lowest BCUT2D eigenvalue weighted by Crippen LogP contribution is -2.13. The zero-order chi connectivity index (χ0) is 12.8. The van der Waals surface area contributed by atoms with E-state index in [1.165, 1.54) is 24.3 Å². The van der Waals surface area contributed by atoms with Crippen molar-refractivity contribution in [3.63, 3.8) is 0 Å². The van der Waals surface area contributed by atoms with Gasteiger partial charge in [-0.2, -0.15) is 0 Å². The van der Waals surface area contributed by atoms with Crippen molar-refractivity contribution in [2.45, 2.75) is 25.9 Å². The number of nitrogens with one attached hydrogen (secondary N) is 1. The first-order valence-corrected chi connectivity index (χ1v) is 5.21. The summed E-state index contributed by atoms with van der Waals surface area (Å²) in [6.07, 6.45) is 0.0885. The molecule has 1 atom stereocenters. The van der Waals surface area contributed by atoms with Crippen molar-refractivity contribution in [3.05, 3.63) is 34.4 Å². The van der Waals surface area contributed by atoms with Crippen LogP contribution < -0.4 is 5.32 Å². The van der Waals surface area contributed by atoms with Crippen molar-refractivity contribution in [2.24, 2.45) is 0 Å². The maximum atomic E-state index is 11.4. The second-order valence-electron chi connectivity index (χ2n) is 3.74. The third kappa shape index (κ3) is 4.60. The standard InChI is InChI=1S/C11H14N2O4/c1-8(14)2-7-11(15)12-9-3-5-10(6-4-9)13(16)17/h3-6,8,14H,2,7H2,1H3,(H,12,15). The third-order valence-corrected chi connectivity index (χ3v) is 2.15. The number of nitro groups is 1. The van der Waals surface area contributed by atoms with Crippen LogP contribution >= 0.6 is 0 Å². The molecule has 1 aromatic carbocycles. The number of hydrogen-bond donors (Lipinski definition) is 2. The zero-order valence-electron chi connectivity index (χ0n) is 9.42. The quantitative estimate of drug-likeness (QED) is 0.603. The molecule has 0 bridgehead atoms. The Hall–Kier alpha value is -1.95. The fourth-order valence-corrected chi connectivity index (χ4v) is 1.23. The van der Waals surface area contributed by atoms with Crippen molar-refractivity contribution in [1.82, 2.24) is 0 Å². The highest BCUT2D eigenvalue weighted by Gasteiger charge is 2.07. The van der Waals surface area contributed by atoms with E-state index in [-0.39, 0.29) is 18.0 Å². The Morgan fingerprint density at radius 2 is 2.06 bits per heavy atom. The molecular formula is C11H14N2O4. The van der Waals surface area contributed by atoms with Crippen LogP contribution in [0.2, 0.25) is 0 Å². The molecule has 6 heteroatoms. The van der Waals surface area contributed by atoms with Crippen LogP contribution in [-0.2, 0) is 4.79 Å². The number of benzene rings is 1. The van der Waals surface area contributed by atoms with Crippen LogP contribution in [0.25, 0.3) is 0 Å². The molecule has 0 fully saturated rings. The molecule has 1 rings (SSSR count). The number of nitro benzene ring substituents is 1. The first kappa shape index (κ1) is 13.1. The highest BCUT2D eigenvalue weighted by Crippen LogP contribution is 2.15. The fourth-order valence-electron chi connectivity index (χ4n) is 1.23. The largest absolute Gasteiger partial charge is 0.393 e. The van der Waals surface area contributed by atoms with Crippen molar-refractivity contribution in [3.8, 4) is 0 Å². The molecule has 0 heterocycles. The SMILES string of the molecule is CC(O)CCC(=O)Nc1ccc([N+](=O)[O-])cc1. The molecule has 0 saturated heterocycles. The molecule has 17 heavy (non-hydrogen) atoms. The van der Waals surface area contributed by atoms with Gasteiger partial charge in [0, 0.05) is 24.2 Å². The summed E-state index contributed by atoms with van der Waals surface area (Å²) in [5, 5.41) is 22.0. The summed E-state index contributed by atoms with van der Waals surface area (Å²) in [4.78, 5) is 21.3. The van der Waals surface area contributed by atoms with Gasteiger partial charge in [-0.15, -0.1) is 0 Å². The van der Waals surface area contributed by atoms with E-state index in [1.807, 2.05) is 0 Å². The Balaban J connectivity index is 2.51. The van der Waals surface area contributed by atoms with Crippen LogP contribution in [0.15, 0.2) is 24.3 Å². The van der Waals surface area contributed by atoms with E-state index < -0.39 is 11.0 Å². The van der Waals surface area contributed by atoms with Gasteiger partial charge in [-0.3, -0.25) is 14.9 Å². The average molecular weight is 238 g/mol. The second-order valence-corrected chi connectivity index (χ2v) is 3.74. The molecule has 0 aliphatic heterocycles. The minimum atomic E-state index is -0.516. The molecule has 1 amide bonds. The number of rotatable bonds is 5. The minimum absolute atomic E-state index is 0.0213. The van der Waals surface area contributed by atoms with Gasteiger partial charge < -0.3 is 10.4 Å². The summed E-state index contributed by atoms with van der Waals surface area (Å²) in [5.74, 6) is -0.222. The van der Waals surface area contributed by atoms with Gasteiger partial charge in [-0.05, 0) is 25.5 Å². The lowest BCUT2D eigenvalue weighted by Gasteiger charge is -2.06. The van der Waals surface area contributed by atoms with E-state index in [1.54, 1.807) is 6.92 Å². The van der Waals surface area contributed by atoms with Gasteiger partial charge in [0.25, 0.3) is 5.69 Å². The van der Waals surface area contributed by atoms with E-state index in [0.29, 0.717) is 12.1 Å². The number of carbonyl (C=O) groups excluding carboxylic acids is 1. The van der Waals surface area contributed by atoms with Crippen LogP contribution in [-0.4, -0.2) is 22.0 Å². The number of hydrogen-bond acceptors (Lipinski definition) is 4. The van der Waals surface area contributed by atoms with Crippen LogP contribution in [0.5, 0.6) is 0 Å². The number of aliphatic hydroxyl groups excluding tert-OH is 1. The lowest BCUT2D eigenvalue weighted by atomic mass is 10.2. The predicted molar refractivity (Wildman–Crippen MR) is 62.6 cm³/mol. The smallest absolute Gasteiger partial charge is 0.269 e. The van der Waals surface area contributed by atoms with E-state index in [2.05, 4.69) is 5.32 Å². The Kier molecular flexibility index (Phi) is 4.59. The molecule has 0 aliphatic rings. The van der Waals surface area contributed by atoms with Crippen LogP contribution in [0.3, 0.4) is 0 Å². The molecule has 2 N–H and O–H groups in total. The Morgan fingerprint density at radius 3 is 2.53 bits per heavy atom. The first-order valence-electron chi connectivity index (χ1n) is 5.21. The number of non-ortho nitro benzene ring substituents is 1. The molecule has 0 aromatic heterocycles. The van der Waals surface area contributed by atoms with Gasteiger partial charge >= 0.3 is 0 Å². The third-order valence-electron chi connectivity index (χ3n) is 2.15. The summed E-state index contributed by atoms with van der Waals surface area (Å²) in [5.41, 5.74) is 0.484. The van der Waals surface area contributed by atoms with Gasteiger partial charge in [0.05, 0.1) is 11.0 Å². The van der Waals surface area contributed by atoms with Crippen LogP contribution in [0, 0.1) is 10.1 Å².